The van der Waals surface area contributed by atoms with Crippen molar-refractivity contribution in [3.63, 3.8) is 0 Å². The van der Waals surface area contributed by atoms with Crippen molar-refractivity contribution >= 4 is 5.84 Å². The highest BCUT2D eigenvalue weighted by atomic mass is 16.5. The summed E-state index contributed by atoms with van der Waals surface area (Å²) in [6, 6.07) is 0. The third-order valence-electron chi connectivity index (χ3n) is 4.17. The molecule has 114 valence electrons. The zero-order valence-corrected chi connectivity index (χ0v) is 13.4. The van der Waals surface area contributed by atoms with Gasteiger partial charge in [0.1, 0.15) is 0 Å². The van der Waals surface area contributed by atoms with Gasteiger partial charge in [-0.2, -0.15) is 0 Å². The lowest BCUT2D eigenvalue weighted by Crippen LogP contribution is -2.44. The summed E-state index contributed by atoms with van der Waals surface area (Å²) in [5.41, 5.74) is 1.24. The fraction of sp³-hybridized carbons (Fsp3) is 0.824. The lowest BCUT2D eigenvalue weighted by atomic mass is 10.1. The number of allylic oxidation sites excluding steroid dienone is 1. The summed E-state index contributed by atoms with van der Waals surface area (Å²) in [7, 11) is 0. The highest BCUT2D eigenvalue weighted by molar-refractivity contribution is 5.77. The van der Waals surface area contributed by atoms with Gasteiger partial charge in [0.2, 0.25) is 5.84 Å². The van der Waals surface area contributed by atoms with Crippen LogP contribution in [0.2, 0.25) is 0 Å². The molecule has 0 aromatic carbocycles. The van der Waals surface area contributed by atoms with Gasteiger partial charge in [0.15, 0.2) is 0 Å². The molecule has 0 radical (unpaired) electrons. The molecule has 2 aliphatic heterocycles. The molecule has 2 rings (SSSR count). The van der Waals surface area contributed by atoms with Crippen molar-refractivity contribution in [2.75, 3.05) is 32.8 Å². The average molecular weight is 279 g/mol. The standard InChI is InChI=1S/C17H31N2O/c1-16(2)15-20-14-7-6-11-19-13-8-12-18-10-5-3-4-9-17(18)19/h15H,3-14H2,1-2H3/q+1. The van der Waals surface area contributed by atoms with Crippen LogP contribution in [0.15, 0.2) is 11.8 Å². The number of nitrogens with zero attached hydrogens (tertiary/aromatic N) is 2. The van der Waals surface area contributed by atoms with E-state index in [1.165, 1.54) is 70.3 Å². The van der Waals surface area contributed by atoms with Crippen LogP contribution in [0.3, 0.4) is 0 Å². The number of unbranched alkanes of at least 4 members (excludes halogenated alkanes) is 1. The van der Waals surface area contributed by atoms with E-state index in [1.54, 1.807) is 5.84 Å². The minimum absolute atomic E-state index is 0.859. The van der Waals surface area contributed by atoms with Crippen LogP contribution in [-0.4, -0.2) is 48.1 Å². The van der Waals surface area contributed by atoms with Gasteiger partial charge >= 0.3 is 0 Å². The molecule has 0 aromatic rings. The van der Waals surface area contributed by atoms with E-state index >= 15 is 0 Å². The molecule has 0 aromatic heterocycles. The van der Waals surface area contributed by atoms with Gasteiger partial charge < -0.3 is 4.74 Å². The van der Waals surface area contributed by atoms with Gasteiger partial charge in [-0.1, -0.05) is 0 Å². The highest BCUT2D eigenvalue weighted by Crippen LogP contribution is 2.15. The first kappa shape index (κ1) is 15.4. The van der Waals surface area contributed by atoms with E-state index in [4.69, 9.17) is 4.74 Å². The predicted molar refractivity (Wildman–Crippen MR) is 84.3 cm³/mol. The van der Waals surface area contributed by atoms with Crippen molar-refractivity contribution in [3.05, 3.63) is 11.8 Å². The van der Waals surface area contributed by atoms with Crippen LogP contribution in [0.4, 0.5) is 0 Å². The second-order valence-corrected chi connectivity index (χ2v) is 6.33. The van der Waals surface area contributed by atoms with Crippen LogP contribution in [-0.2, 0) is 4.74 Å². The van der Waals surface area contributed by atoms with Gasteiger partial charge in [-0.05, 0) is 51.5 Å². The van der Waals surface area contributed by atoms with E-state index in [1.807, 2.05) is 6.26 Å². The molecular formula is C17H31N2O+. The molecule has 0 spiro atoms. The molecule has 0 atom stereocenters. The van der Waals surface area contributed by atoms with Crippen molar-refractivity contribution in [3.8, 4) is 0 Å². The maximum Gasteiger partial charge on any atom is 0.246 e. The second kappa shape index (κ2) is 8.33. The van der Waals surface area contributed by atoms with Crippen LogP contribution < -0.4 is 0 Å². The summed E-state index contributed by atoms with van der Waals surface area (Å²) in [4.78, 5) is 2.65. The molecule has 20 heavy (non-hydrogen) atoms. The van der Waals surface area contributed by atoms with Crippen LogP contribution in [0.1, 0.15) is 58.8 Å². The fourth-order valence-electron chi connectivity index (χ4n) is 3.18. The molecule has 3 heteroatoms. The number of amidine groups is 1. The van der Waals surface area contributed by atoms with Crippen molar-refractivity contribution in [1.82, 2.24) is 4.90 Å². The molecule has 2 aliphatic rings. The minimum Gasteiger partial charge on any atom is -0.501 e. The Hall–Kier alpha value is -0.990. The van der Waals surface area contributed by atoms with Crippen LogP contribution in [0.25, 0.3) is 0 Å². The monoisotopic (exact) mass is 279 g/mol. The summed E-state index contributed by atoms with van der Waals surface area (Å²) in [5.74, 6) is 1.64. The van der Waals surface area contributed by atoms with Gasteiger partial charge in [-0.15, -0.1) is 0 Å². The van der Waals surface area contributed by atoms with E-state index in [0.29, 0.717) is 0 Å². The largest absolute Gasteiger partial charge is 0.501 e. The first-order chi connectivity index (χ1) is 9.77. The quantitative estimate of drug-likeness (QED) is 0.421. The molecule has 0 amide bonds. The second-order valence-electron chi connectivity index (χ2n) is 6.33. The number of ether oxygens (including phenoxy) is 1. The van der Waals surface area contributed by atoms with E-state index in [0.717, 1.165) is 13.0 Å². The topological polar surface area (TPSA) is 15.5 Å². The Morgan fingerprint density at radius 2 is 2.00 bits per heavy atom. The molecule has 0 aliphatic carbocycles. The Bertz CT molecular complexity index is 356. The molecule has 0 saturated heterocycles. The molecule has 0 saturated carbocycles. The molecule has 2 heterocycles. The van der Waals surface area contributed by atoms with Crippen LogP contribution in [0, 0.1) is 0 Å². The summed E-state index contributed by atoms with van der Waals surface area (Å²) >= 11 is 0. The molecule has 0 unspecified atom stereocenters. The molecular weight excluding hydrogens is 248 g/mol. The lowest BCUT2D eigenvalue weighted by molar-refractivity contribution is -0.539. The van der Waals surface area contributed by atoms with E-state index in [9.17, 15) is 0 Å². The SMILES string of the molecule is CC(C)=COCCCCN1CCC[N+]2=C1CCCCC2. The maximum absolute atomic E-state index is 5.51. The van der Waals surface area contributed by atoms with Crippen molar-refractivity contribution in [1.29, 1.82) is 0 Å². The molecule has 3 nitrogen and oxygen atoms in total. The first-order valence-corrected chi connectivity index (χ1v) is 8.38. The minimum atomic E-state index is 0.859. The zero-order valence-electron chi connectivity index (χ0n) is 13.4. The van der Waals surface area contributed by atoms with Gasteiger partial charge in [0.25, 0.3) is 0 Å². The van der Waals surface area contributed by atoms with Gasteiger partial charge in [-0.3, -0.25) is 9.48 Å². The van der Waals surface area contributed by atoms with Crippen molar-refractivity contribution in [2.24, 2.45) is 0 Å². The Labute approximate surface area is 124 Å². The van der Waals surface area contributed by atoms with Gasteiger partial charge in [0, 0.05) is 12.8 Å². The Balaban J connectivity index is 1.73. The highest BCUT2D eigenvalue weighted by Gasteiger charge is 2.27. The van der Waals surface area contributed by atoms with Gasteiger partial charge in [-0.25, -0.2) is 0 Å². The number of rotatable bonds is 6. The fourth-order valence-corrected chi connectivity index (χ4v) is 3.18. The summed E-state index contributed by atoms with van der Waals surface area (Å²) in [6.45, 7) is 10.1. The Kier molecular flexibility index (Phi) is 6.41. The summed E-state index contributed by atoms with van der Waals surface area (Å²) in [6.07, 6.45) is 11.1. The normalized spacial score (nSPS) is 19.4. The van der Waals surface area contributed by atoms with Crippen LogP contribution in [0.5, 0.6) is 0 Å². The summed E-state index contributed by atoms with van der Waals surface area (Å²) < 4.78 is 8.16. The van der Waals surface area contributed by atoms with E-state index in [-0.39, 0.29) is 0 Å². The zero-order chi connectivity index (χ0) is 14.2. The molecule has 0 bridgehead atoms. The van der Waals surface area contributed by atoms with Gasteiger partial charge in [0.05, 0.1) is 39.0 Å². The number of hydrogen-bond donors (Lipinski definition) is 0. The third kappa shape index (κ3) is 4.84. The smallest absolute Gasteiger partial charge is 0.246 e. The average Bonchev–Trinajstić information content (AvgIpc) is 2.68. The predicted octanol–water partition coefficient (Wildman–Crippen LogP) is 3.40. The van der Waals surface area contributed by atoms with Crippen LogP contribution >= 0.6 is 0 Å². The third-order valence-corrected chi connectivity index (χ3v) is 4.17. The Morgan fingerprint density at radius 1 is 1.15 bits per heavy atom. The Morgan fingerprint density at radius 3 is 2.85 bits per heavy atom. The summed E-state index contributed by atoms with van der Waals surface area (Å²) in [5, 5.41) is 0. The lowest BCUT2D eigenvalue weighted by Gasteiger charge is -2.26. The molecule has 0 fully saturated rings. The van der Waals surface area contributed by atoms with E-state index in [2.05, 4.69) is 23.3 Å². The molecule has 0 N–H and O–H groups in total. The van der Waals surface area contributed by atoms with Crippen molar-refractivity contribution in [2.45, 2.75) is 58.8 Å². The van der Waals surface area contributed by atoms with E-state index < -0.39 is 0 Å². The number of hydrogen-bond acceptors (Lipinski definition) is 2. The van der Waals surface area contributed by atoms with Crippen molar-refractivity contribution < 1.29 is 9.31 Å². The first-order valence-electron chi connectivity index (χ1n) is 8.38. The maximum atomic E-state index is 5.51.